The molecule has 12 heavy (non-hydrogen) atoms. The number of aromatic nitrogens is 1. The average Bonchev–Trinajstić information content (AvgIpc) is 2.63. The molecule has 0 spiro atoms. The number of thiazole rings is 1. The highest BCUT2D eigenvalue weighted by atomic mass is 35.5. The second kappa shape index (κ2) is 3.41. The van der Waals surface area contributed by atoms with Gasteiger partial charge in [0.25, 0.3) is 0 Å². The number of hydrogen-bond donors (Lipinski definition) is 1. The minimum atomic E-state index is 0.601. The first-order chi connectivity index (χ1) is 5.84. The molecule has 3 nitrogen and oxygen atoms in total. The molecule has 1 aliphatic heterocycles. The smallest absolute Gasteiger partial charge is 0.183 e. The molecule has 5 heteroatoms. The summed E-state index contributed by atoms with van der Waals surface area (Å²) in [5.41, 5.74) is 0. The largest absolute Gasteiger partial charge is 0.372 e. The second-order valence-electron chi connectivity index (χ2n) is 2.51. The molecule has 0 aliphatic carbocycles. The lowest BCUT2D eigenvalue weighted by molar-refractivity contribution is 0.954. The number of aliphatic imine (C=N–C) groups is 1. The summed E-state index contributed by atoms with van der Waals surface area (Å²) in [4.78, 5) is 9.40. The summed E-state index contributed by atoms with van der Waals surface area (Å²) in [7, 11) is 0. The number of nitrogens with zero attached hydrogens (tertiary/aromatic N) is 2. The van der Waals surface area contributed by atoms with Crippen molar-refractivity contribution < 1.29 is 0 Å². The monoisotopic (exact) mass is 201 g/mol. The Morgan fingerprint density at radius 2 is 2.58 bits per heavy atom. The van der Waals surface area contributed by atoms with Crippen molar-refractivity contribution in [3.63, 3.8) is 0 Å². The fourth-order valence-electron chi connectivity index (χ4n) is 1.10. The van der Waals surface area contributed by atoms with E-state index in [0.717, 1.165) is 30.2 Å². The zero-order chi connectivity index (χ0) is 8.39. The number of amidine groups is 1. The summed E-state index contributed by atoms with van der Waals surface area (Å²) in [6.07, 6.45) is 2.64. The van der Waals surface area contributed by atoms with E-state index >= 15 is 0 Å². The molecule has 64 valence electrons. The number of nitrogens with one attached hydrogen (secondary N) is 1. The van der Waals surface area contributed by atoms with Crippen molar-refractivity contribution in [1.29, 1.82) is 0 Å². The van der Waals surface area contributed by atoms with Gasteiger partial charge < -0.3 is 5.32 Å². The summed E-state index contributed by atoms with van der Waals surface area (Å²) >= 11 is 7.20. The van der Waals surface area contributed by atoms with Crippen molar-refractivity contribution in [2.24, 2.45) is 4.99 Å². The summed E-state index contributed by atoms with van der Waals surface area (Å²) in [6, 6.07) is 0. The van der Waals surface area contributed by atoms with Crippen LogP contribution in [0.1, 0.15) is 4.88 Å². The first-order valence-electron chi connectivity index (χ1n) is 3.72. The summed E-state index contributed by atoms with van der Waals surface area (Å²) in [6.45, 7) is 1.85. The van der Waals surface area contributed by atoms with Crippen LogP contribution < -0.4 is 5.32 Å². The average molecular weight is 202 g/mol. The van der Waals surface area contributed by atoms with Gasteiger partial charge in [-0.2, -0.15) is 0 Å². The Bertz CT molecular complexity index is 307. The SMILES string of the molecule is Clc1ncc(CC2=NCCN2)s1. The quantitative estimate of drug-likeness (QED) is 0.784. The topological polar surface area (TPSA) is 37.3 Å². The van der Waals surface area contributed by atoms with Gasteiger partial charge in [0.05, 0.1) is 6.54 Å². The minimum Gasteiger partial charge on any atom is -0.372 e. The third-order valence-corrected chi connectivity index (χ3v) is 2.73. The molecular formula is C7H8ClN3S. The molecule has 2 rings (SSSR count). The lowest BCUT2D eigenvalue weighted by atomic mass is 10.3. The number of halogens is 1. The second-order valence-corrected chi connectivity index (χ2v) is 4.21. The maximum Gasteiger partial charge on any atom is 0.183 e. The minimum absolute atomic E-state index is 0.601. The van der Waals surface area contributed by atoms with E-state index in [0.29, 0.717) is 4.47 Å². The van der Waals surface area contributed by atoms with Crippen LogP contribution in [0.5, 0.6) is 0 Å². The molecule has 0 unspecified atom stereocenters. The van der Waals surface area contributed by atoms with E-state index < -0.39 is 0 Å². The molecule has 2 heterocycles. The summed E-state index contributed by atoms with van der Waals surface area (Å²) in [5.74, 6) is 1.05. The first-order valence-corrected chi connectivity index (χ1v) is 4.91. The van der Waals surface area contributed by atoms with Crippen molar-refractivity contribution in [2.45, 2.75) is 6.42 Å². The molecule has 0 saturated carbocycles. The van der Waals surface area contributed by atoms with Crippen LogP contribution >= 0.6 is 22.9 Å². The lowest BCUT2D eigenvalue weighted by Gasteiger charge is -1.96. The van der Waals surface area contributed by atoms with Crippen LogP contribution in [0.25, 0.3) is 0 Å². The Morgan fingerprint density at radius 3 is 3.17 bits per heavy atom. The van der Waals surface area contributed by atoms with Gasteiger partial charge in [-0.1, -0.05) is 11.6 Å². The van der Waals surface area contributed by atoms with Crippen molar-refractivity contribution in [2.75, 3.05) is 13.1 Å². The zero-order valence-corrected chi connectivity index (χ0v) is 7.95. The van der Waals surface area contributed by atoms with Crippen molar-refractivity contribution in [1.82, 2.24) is 10.3 Å². The van der Waals surface area contributed by atoms with Crippen molar-refractivity contribution >= 4 is 28.8 Å². The van der Waals surface area contributed by atoms with Gasteiger partial charge in [0.15, 0.2) is 4.47 Å². The van der Waals surface area contributed by atoms with Crippen LogP contribution in [-0.4, -0.2) is 23.9 Å². The molecule has 0 amide bonds. The van der Waals surface area contributed by atoms with Crippen molar-refractivity contribution in [3.05, 3.63) is 15.5 Å². The maximum absolute atomic E-state index is 5.69. The lowest BCUT2D eigenvalue weighted by Crippen LogP contribution is -2.19. The van der Waals surface area contributed by atoms with Gasteiger partial charge in [-0.25, -0.2) is 4.98 Å². The van der Waals surface area contributed by atoms with E-state index in [9.17, 15) is 0 Å². The molecule has 1 aromatic rings. The van der Waals surface area contributed by atoms with Crippen LogP contribution in [0.3, 0.4) is 0 Å². The molecule has 0 fully saturated rings. The molecule has 0 bridgehead atoms. The highest BCUT2D eigenvalue weighted by Gasteiger charge is 2.07. The molecule has 0 radical (unpaired) electrons. The Labute approximate surface area is 79.5 Å². The van der Waals surface area contributed by atoms with Crippen LogP contribution in [0.4, 0.5) is 0 Å². The van der Waals surface area contributed by atoms with Crippen LogP contribution in [0, 0.1) is 0 Å². The fraction of sp³-hybridized carbons (Fsp3) is 0.429. The molecule has 0 saturated heterocycles. The summed E-state index contributed by atoms with van der Waals surface area (Å²) in [5, 5.41) is 3.20. The summed E-state index contributed by atoms with van der Waals surface area (Å²) < 4.78 is 0.601. The third-order valence-electron chi connectivity index (χ3n) is 1.61. The Balaban J connectivity index is 2.03. The van der Waals surface area contributed by atoms with E-state index in [1.54, 1.807) is 6.20 Å². The van der Waals surface area contributed by atoms with Gasteiger partial charge in [0.1, 0.15) is 5.84 Å². The molecule has 0 aromatic carbocycles. The van der Waals surface area contributed by atoms with Crippen LogP contribution in [-0.2, 0) is 6.42 Å². The van der Waals surface area contributed by atoms with Crippen LogP contribution in [0.2, 0.25) is 4.47 Å². The van der Waals surface area contributed by atoms with Gasteiger partial charge >= 0.3 is 0 Å². The molecule has 1 aromatic heterocycles. The van der Waals surface area contributed by atoms with E-state index in [1.165, 1.54) is 11.3 Å². The van der Waals surface area contributed by atoms with E-state index in [1.807, 2.05) is 0 Å². The maximum atomic E-state index is 5.69. The van der Waals surface area contributed by atoms with E-state index in [2.05, 4.69) is 15.3 Å². The molecule has 1 N–H and O–H groups in total. The van der Waals surface area contributed by atoms with Crippen molar-refractivity contribution in [3.8, 4) is 0 Å². The van der Waals surface area contributed by atoms with E-state index in [4.69, 9.17) is 11.6 Å². The first kappa shape index (κ1) is 8.01. The predicted molar refractivity (Wildman–Crippen MR) is 51.1 cm³/mol. The highest BCUT2D eigenvalue weighted by molar-refractivity contribution is 7.15. The fourth-order valence-corrected chi connectivity index (χ4v) is 2.08. The van der Waals surface area contributed by atoms with Gasteiger partial charge in [0.2, 0.25) is 0 Å². The van der Waals surface area contributed by atoms with E-state index in [-0.39, 0.29) is 0 Å². The molecule has 0 atom stereocenters. The Morgan fingerprint density at radius 1 is 1.67 bits per heavy atom. The van der Waals surface area contributed by atoms with Gasteiger partial charge in [0, 0.05) is 24.0 Å². The number of rotatable bonds is 2. The third kappa shape index (κ3) is 1.76. The standard InChI is InChI=1S/C7H8ClN3S/c8-7-11-4-5(12-7)3-6-9-1-2-10-6/h4H,1-3H2,(H,9,10). The molecule has 1 aliphatic rings. The number of hydrogen-bond acceptors (Lipinski definition) is 4. The predicted octanol–water partition coefficient (Wildman–Crippen LogP) is 1.34. The van der Waals surface area contributed by atoms with Gasteiger partial charge in [-0.05, 0) is 0 Å². The van der Waals surface area contributed by atoms with Gasteiger partial charge in [-0.3, -0.25) is 4.99 Å². The zero-order valence-electron chi connectivity index (χ0n) is 6.38. The van der Waals surface area contributed by atoms with Crippen LogP contribution in [0.15, 0.2) is 11.2 Å². The highest BCUT2D eigenvalue weighted by Crippen LogP contribution is 2.18. The molecular weight excluding hydrogens is 194 g/mol. The van der Waals surface area contributed by atoms with Gasteiger partial charge in [-0.15, -0.1) is 11.3 Å². The Hall–Kier alpha value is -0.610. The normalized spacial score (nSPS) is 15.9. The Kier molecular flexibility index (Phi) is 2.28.